The van der Waals surface area contributed by atoms with Crippen LogP contribution >= 0.6 is 7.82 Å². The van der Waals surface area contributed by atoms with Gasteiger partial charge in [0.2, 0.25) is 6.08 Å². The van der Waals surface area contributed by atoms with Gasteiger partial charge in [0, 0.05) is 0 Å². The Balaban J connectivity index is -0.0000000815. The summed E-state index contributed by atoms with van der Waals surface area (Å²) in [5.74, 6) is 0. The normalized spacial score (nSPS) is 10.5. The Morgan fingerprint density at radius 2 is 1.29 bits per heavy atom. The third-order valence-electron chi connectivity index (χ3n) is 0.283. The molecule has 0 radical (unpaired) electrons. The predicted octanol–water partition coefficient (Wildman–Crippen LogP) is -3.97. The van der Waals surface area contributed by atoms with Gasteiger partial charge in [-0.3, -0.25) is 0 Å². The number of hydrogen-bond donors (Lipinski definition) is 4. The summed E-state index contributed by atoms with van der Waals surface area (Å²) in [6.07, 6.45) is 0.750. The molecule has 0 aliphatic rings. The van der Waals surface area contributed by atoms with E-state index < -0.39 is 23.4 Å². The second-order valence-electron chi connectivity index (χ2n) is 1.52. The maximum atomic E-state index is 10.7. The van der Waals surface area contributed by atoms with Crippen molar-refractivity contribution in [1.29, 1.82) is 5.41 Å². The summed E-state index contributed by atoms with van der Waals surface area (Å²) in [6, 6.07) is 0. The molecule has 0 aliphatic heterocycles. The average molecular weight is 329 g/mol. The van der Waals surface area contributed by atoms with E-state index in [1.54, 1.807) is 0 Å². The van der Waals surface area contributed by atoms with Gasteiger partial charge in [-0.05, 0) is 0 Å². The van der Waals surface area contributed by atoms with Crippen LogP contribution in [-0.2, 0) is 19.5 Å². The average Bonchev–Trinajstić information content (AvgIpc) is 1.78. The van der Waals surface area contributed by atoms with Crippen LogP contribution < -0.4 is 51.4 Å². The van der Waals surface area contributed by atoms with E-state index in [2.05, 4.69) is 0 Å². The van der Waals surface area contributed by atoms with Crippen LogP contribution in [0.1, 0.15) is 0 Å². The molecule has 0 bridgehead atoms. The Morgan fingerprint density at radius 3 is 1.29 bits per heavy atom. The van der Waals surface area contributed by atoms with E-state index in [0.717, 1.165) is 6.08 Å². The summed E-state index contributed by atoms with van der Waals surface area (Å²) in [4.78, 5) is 29.9. The molecule has 15 heteroatoms. The Labute approximate surface area is 135 Å². The second kappa shape index (κ2) is 10.7. The van der Waals surface area contributed by atoms with E-state index in [-0.39, 0.29) is 51.4 Å². The van der Waals surface area contributed by atoms with Crippen LogP contribution in [0, 0.1) is 5.41 Å². The zero-order chi connectivity index (χ0) is 14.2. The molecule has 0 unspecified atom stereocenters. The number of carbonyl (C=O) groups excluding carboxylic acids is 1. The summed E-state index contributed by atoms with van der Waals surface area (Å²) >= 11 is 0. The van der Waals surface area contributed by atoms with E-state index in [9.17, 15) is 13.2 Å². The molecule has 0 saturated carbocycles. The summed E-state index contributed by atoms with van der Waals surface area (Å²) in [5.41, 5.74) is -5.65. The molecule has 0 aliphatic carbocycles. The summed E-state index contributed by atoms with van der Waals surface area (Å²) in [6.45, 7) is 0. The molecule has 0 amide bonds. The van der Waals surface area contributed by atoms with Crippen LogP contribution in [-0.4, -0.2) is 39.2 Å². The number of isocyanates is 1. The van der Waals surface area contributed by atoms with Gasteiger partial charge in [0.1, 0.15) is 0 Å². The maximum absolute atomic E-state index is 10.7. The van der Waals surface area contributed by atoms with Crippen molar-refractivity contribution < 1.29 is 102 Å². The van der Waals surface area contributed by atoms with E-state index in [1.807, 2.05) is 0 Å². The van der Waals surface area contributed by atoms with Crippen molar-refractivity contribution in [1.82, 2.24) is 0 Å². The summed E-state index contributed by atoms with van der Waals surface area (Å²) in [7, 11) is -10.7. The molecule has 9 nitrogen and oxygen atoms in total. The van der Waals surface area contributed by atoms with Crippen molar-refractivity contribution in [2.45, 2.75) is 5.51 Å². The van der Waals surface area contributed by atoms with Gasteiger partial charge in [-0.15, -0.1) is 0 Å². The molecule has 0 rings (SSSR count). The fraction of sp³-hybridized carbons (Fsp3) is 0.500. The van der Waals surface area contributed by atoms with Gasteiger partial charge in [0.15, 0.2) is 10.1 Å². The number of halogens is 3. The smallest absolute Gasteiger partial charge is 0.741 e. The Morgan fingerprint density at radius 1 is 1.24 bits per heavy atom. The van der Waals surface area contributed by atoms with Crippen LogP contribution in [0.5, 0.6) is 0 Å². The fourth-order valence-corrected chi connectivity index (χ4v) is 0. The van der Waals surface area contributed by atoms with Gasteiger partial charge in [0.05, 0.1) is 0 Å². The first kappa shape index (κ1) is 26.4. The molecule has 0 aromatic carbocycles. The number of rotatable bonds is 0. The van der Waals surface area contributed by atoms with Gasteiger partial charge in [-0.1, -0.05) is 0 Å². The van der Waals surface area contributed by atoms with E-state index in [0.29, 0.717) is 0 Å². The van der Waals surface area contributed by atoms with Crippen molar-refractivity contribution in [3.63, 3.8) is 0 Å². The summed E-state index contributed by atoms with van der Waals surface area (Å²) < 4.78 is 67.8. The molecule has 98 valence electrons. The molecular formula is C2H4F3KNO8PS. The van der Waals surface area contributed by atoms with Gasteiger partial charge in [-0.2, -0.15) is 13.2 Å². The Bertz CT molecular complexity index is 358. The first-order chi connectivity index (χ1) is 6.66. The summed E-state index contributed by atoms with van der Waals surface area (Å²) in [5, 5.41) is 5.40. The van der Waals surface area contributed by atoms with Crippen molar-refractivity contribution in [2.75, 3.05) is 0 Å². The first-order valence-electron chi connectivity index (χ1n) is 2.51. The Kier molecular flexibility index (Phi) is 16.7. The van der Waals surface area contributed by atoms with Crippen LogP contribution in [0.4, 0.5) is 13.2 Å². The van der Waals surface area contributed by atoms with Crippen molar-refractivity contribution in [3.8, 4) is 0 Å². The third-order valence-corrected chi connectivity index (χ3v) is 0.850. The van der Waals surface area contributed by atoms with Crippen molar-refractivity contribution in [2.24, 2.45) is 0 Å². The molecule has 0 atom stereocenters. The topological polar surface area (TPSA) is 176 Å². The largest absolute Gasteiger partial charge is 1.00 e. The number of phosphoric acid groups is 1. The van der Waals surface area contributed by atoms with E-state index in [4.69, 9.17) is 42.4 Å². The van der Waals surface area contributed by atoms with Gasteiger partial charge in [-0.25, -0.2) is 23.2 Å². The third kappa shape index (κ3) is 38.3. The van der Waals surface area contributed by atoms with Crippen LogP contribution in [0.15, 0.2) is 0 Å². The van der Waals surface area contributed by atoms with Crippen molar-refractivity contribution in [3.05, 3.63) is 0 Å². The molecule has 17 heavy (non-hydrogen) atoms. The molecular weight excluding hydrogens is 325 g/mol. The minimum absolute atomic E-state index is 0. The Hall–Kier alpha value is 0.826. The molecule has 0 fully saturated rings. The molecule has 4 N–H and O–H groups in total. The predicted molar refractivity (Wildman–Crippen MR) is 38.4 cm³/mol. The molecule has 0 aromatic heterocycles. The number of alkyl halides is 3. The molecule has 0 aromatic rings. The van der Waals surface area contributed by atoms with Crippen LogP contribution in [0.2, 0.25) is 0 Å². The van der Waals surface area contributed by atoms with Gasteiger partial charge < -0.3 is 19.2 Å². The molecule has 0 spiro atoms. The first-order valence-corrected chi connectivity index (χ1v) is 5.48. The van der Waals surface area contributed by atoms with Crippen molar-refractivity contribution >= 4 is 24.0 Å². The van der Waals surface area contributed by atoms with Gasteiger partial charge in [0.25, 0.3) is 0 Å². The monoisotopic (exact) mass is 329 g/mol. The zero-order valence-electron chi connectivity index (χ0n) is 7.87. The minimum Gasteiger partial charge on any atom is -0.741 e. The number of nitrogens with one attached hydrogen (secondary N) is 1. The molecule has 0 heterocycles. The van der Waals surface area contributed by atoms with Gasteiger partial charge >= 0.3 is 64.7 Å². The fourth-order valence-electron chi connectivity index (χ4n) is 0. The zero-order valence-corrected chi connectivity index (χ0v) is 12.7. The maximum Gasteiger partial charge on any atom is 1.00 e. The minimum atomic E-state index is -6.09. The second-order valence-corrected chi connectivity index (χ2v) is 3.91. The SMILES string of the molecule is N=C=O.O=P(O)(O)O.O=S(=O)([O-])C(F)(F)F.[K+]. The molecule has 0 saturated heterocycles. The standard InChI is InChI=1S/CHF3O3S.CHNO.K.H3O4P/c2-1(3,4)8(5,6)7;2-1-3;;1-5(2,3)4/h(H,5,6,7);2H;;(H3,1,2,3,4)/q;;+1;/p-1. The van der Waals surface area contributed by atoms with E-state index >= 15 is 0 Å². The van der Waals surface area contributed by atoms with E-state index in [1.165, 1.54) is 0 Å². The number of hydrogen-bond acceptors (Lipinski definition) is 6. The van der Waals surface area contributed by atoms with Crippen LogP contribution in [0.25, 0.3) is 0 Å². The van der Waals surface area contributed by atoms with Crippen LogP contribution in [0.3, 0.4) is 0 Å². The quantitative estimate of drug-likeness (QED) is 0.0868.